The van der Waals surface area contributed by atoms with Crippen molar-refractivity contribution >= 4 is 23.2 Å². The molecule has 2 amide bonds. The zero-order chi connectivity index (χ0) is 22.2. The summed E-state index contributed by atoms with van der Waals surface area (Å²) in [6.45, 7) is 6.89. The molecule has 0 radical (unpaired) electrons. The van der Waals surface area contributed by atoms with Crippen LogP contribution in [0.4, 0.5) is 0 Å². The van der Waals surface area contributed by atoms with Crippen molar-refractivity contribution in [1.29, 1.82) is 0 Å². The van der Waals surface area contributed by atoms with Crippen LogP contribution >= 0.6 is 11.3 Å². The van der Waals surface area contributed by atoms with Gasteiger partial charge in [-0.05, 0) is 43.9 Å². The Hall–Kier alpha value is -2.22. The van der Waals surface area contributed by atoms with Gasteiger partial charge in [0.2, 0.25) is 11.8 Å². The molecule has 0 spiro atoms. The smallest absolute Gasteiger partial charge is 0.242 e. The number of nitrogens with two attached hydrogens (primary N) is 1. The lowest BCUT2D eigenvalue weighted by Crippen LogP contribution is -2.57. The first kappa shape index (κ1) is 23.4. The zero-order valence-corrected chi connectivity index (χ0v) is 19.4. The molecule has 1 aliphatic heterocycles. The fourth-order valence-electron chi connectivity index (χ4n) is 4.30. The summed E-state index contributed by atoms with van der Waals surface area (Å²) in [6.07, 6.45) is 2.48. The molecule has 6 nitrogen and oxygen atoms in total. The van der Waals surface area contributed by atoms with Crippen molar-refractivity contribution in [1.82, 2.24) is 15.1 Å². The molecule has 2 aromatic rings. The second-order valence-corrected chi connectivity index (χ2v) is 9.58. The SMILES string of the molecule is CC(=O)N1CCC(N(CCc2ccccc2)Cc2ccc(C)s2)C[C@@H]1C(=O)NCCN. The lowest BCUT2D eigenvalue weighted by molar-refractivity contribution is -0.142. The monoisotopic (exact) mass is 442 g/mol. The number of aryl methyl sites for hydroxylation is 1. The highest BCUT2D eigenvalue weighted by Gasteiger charge is 2.37. The average Bonchev–Trinajstić information content (AvgIpc) is 3.19. The Labute approximate surface area is 189 Å². The number of rotatable bonds is 9. The second-order valence-electron chi connectivity index (χ2n) is 8.20. The third-order valence-corrected chi connectivity index (χ3v) is 6.91. The first-order chi connectivity index (χ1) is 15.0. The van der Waals surface area contributed by atoms with Crippen LogP contribution in [0.2, 0.25) is 0 Å². The van der Waals surface area contributed by atoms with Crippen molar-refractivity contribution in [3.63, 3.8) is 0 Å². The Bertz CT molecular complexity index is 854. The molecule has 1 aromatic carbocycles. The molecule has 1 aliphatic rings. The van der Waals surface area contributed by atoms with Crippen LogP contribution in [0.3, 0.4) is 0 Å². The number of thiophene rings is 1. The number of carbonyl (C=O) groups excluding carboxylic acids is 2. The van der Waals surface area contributed by atoms with Gasteiger partial charge in [0.1, 0.15) is 6.04 Å². The van der Waals surface area contributed by atoms with E-state index in [2.05, 4.69) is 53.5 Å². The normalized spacial score (nSPS) is 18.9. The minimum Gasteiger partial charge on any atom is -0.353 e. The second kappa shape index (κ2) is 11.4. The lowest BCUT2D eigenvalue weighted by Gasteiger charge is -2.42. The lowest BCUT2D eigenvalue weighted by atomic mass is 9.94. The molecule has 2 heterocycles. The summed E-state index contributed by atoms with van der Waals surface area (Å²) in [4.78, 5) is 31.8. The van der Waals surface area contributed by atoms with E-state index < -0.39 is 6.04 Å². The van der Waals surface area contributed by atoms with Crippen molar-refractivity contribution in [3.8, 4) is 0 Å². The number of carbonyl (C=O) groups is 2. The number of benzene rings is 1. The number of piperidine rings is 1. The van der Waals surface area contributed by atoms with Gasteiger partial charge in [0.05, 0.1) is 0 Å². The highest BCUT2D eigenvalue weighted by Crippen LogP contribution is 2.26. The van der Waals surface area contributed by atoms with Gasteiger partial charge in [-0.2, -0.15) is 0 Å². The van der Waals surface area contributed by atoms with Crippen LogP contribution in [-0.2, 0) is 22.6 Å². The van der Waals surface area contributed by atoms with E-state index in [-0.39, 0.29) is 17.9 Å². The van der Waals surface area contributed by atoms with E-state index in [0.717, 1.165) is 25.9 Å². The molecule has 0 bridgehead atoms. The zero-order valence-electron chi connectivity index (χ0n) is 18.5. The molecule has 3 rings (SSSR count). The Morgan fingerprint density at radius 3 is 2.65 bits per heavy atom. The average molecular weight is 443 g/mol. The largest absolute Gasteiger partial charge is 0.353 e. The van der Waals surface area contributed by atoms with Gasteiger partial charge in [0.15, 0.2) is 0 Å². The first-order valence-corrected chi connectivity index (χ1v) is 11.9. The van der Waals surface area contributed by atoms with Gasteiger partial charge < -0.3 is 16.0 Å². The van der Waals surface area contributed by atoms with Crippen LogP contribution in [0, 0.1) is 6.92 Å². The predicted molar refractivity (Wildman–Crippen MR) is 126 cm³/mol. The van der Waals surface area contributed by atoms with Crippen molar-refractivity contribution < 1.29 is 9.59 Å². The minimum absolute atomic E-state index is 0.0453. The van der Waals surface area contributed by atoms with Crippen molar-refractivity contribution in [2.24, 2.45) is 5.73 Å². The Balaban J connectivity index is 1.75. The van der Waals surface area contributed by atoms with Crippen LogP contribution in [0.25, 0.3) is 0 Å². The third kappa shape index (κ3) is 6.63. The van der Waals surface area contributed by atoms with E-state index >= 15 is 0 Å². The van der Waals surface area contributed by atoms with E-state index in [1.165, 1.54) is 15.3 Å². The van der Waals surface area contributed by atoms with Gasteiger partial charge >= 0.3 is 0 Å². The van der Waals surface area contributed by atoms with E-state index in [0.29, 0.717) is 26.1 Å². The molecule has 7 heteroatoms. The molecule has 2 atom stereocenters. The summed E-state index contributed by atoms with van der Waals surface area (Å²) in [5.74, 6) is -0.142. The molecular formula is C24H34N4O2S. The van der Waals surface area contributed by atoms with Gasteiger partial charge in [0.25, 0.3) is 0 Å². The Kier molecular flexibility index (Phi) is 8.63. The Morgan fingerprint density at radius 2 is 2.00 bits per heavy atom. The molecule has 31 heavy (non-hydrogen) atoms. The van der Waals surface area contributed by atoms with Crippen molar-refractivity contribution in [2.45, 2.75) is 51.7 Å². The van der Waals surface area contributed by atoms with Crippen LogP contribution < -0.4 is 11.1 Å². The third-order valence-electron chi connectivity index (χ3n) is 5.93. The van der Waals surface area contributed by atoms with Crippen LogP contribution in [0.15, 0.2) is 42.5 Å². The molecule has 0 aliphatic carbocycles. The standard InChI is InChI=1S/C24H34N4O2S/c1-18-8-9-22(31-18)17-27(14-10-20-6-4-3-5-7-20)21-11-15-28(19(2)29)23(16-21)24(30)26-13-12-25/h3-9,21,23H,10-17,25H2,1-2H3,(H,26,30)/t21?,23-/m1/s1. The van der Waals surface area contributed by atoms with Gasteiger partial charge in [-0.3, -0.25) is 14.5 Å². The molecule has 1 aromatic heterocycles. The summed E-state index contributed by atoms with van der Waals surface area (Å²) in [7, 11) is 0. The maximum Gasteiger partial charge on any atom is 0.242 e. The van der Waals surface area contributed by atoms with E-state index in [9.17, 15) is 9.59 Å². The number of nitrogens with one attached hydrogen (secondary N) is 1. The summed E-state index contributed by atoms with van der Waals surface area (Å²) < 4.78 is 0. The van der Waals surface area contributed by atoms with Gasteiger partial charge in [-0.25, -0.2) is 0 Å². The van der Waals surface area contributed by atoms with Gasteiger partial charge in [0, 0.05) is 55.4 Å². The molecule has 1 saturated heterocycles. The molecular weight excluding hydrogens is 408 g/mol. The molecule has 168 valence electrons. The summed E-state index contributed by atoms with van der Waals surface area (Å²) >= 11 is 1.83. The van der Waals surface area contributed by atoms with E-state index in [4.69, 9.17) is 5.73 Å². The minimum atomic E-state index is -0.438. The maximum absolute atomic E-state index is 12.8. The summed E-state index contributed by atoms with van der Waals surface area (Å²) in [6, 6.07) is 14.7. The van der Waals surface area contributed by atoms with Crippen molar-refractivity contribution in [3.05, 3.63) is 57.8 Å². The molecule has 1 unspecified atom stereocenters. The van der Waals surface area contributed by atoms with Crippen LogP contribution in [-0.4, -0.2) is 59.9 Å². The summed E-state index contributed by atoms with van der Waals surface area (Å²) in [5.41, 5.74) is 6.87. The van der Waals surface area contributed by atoms with E-state index in [1.54, 1.807) is 11.8 Å². The number of nitrogens with zero attached hydrogens (tertiary/aromatic N) is 2. The number of likely N-dealkylation sites (tertiary alicyclic amines) is 1. The highest BCUT2D eigenvalue weighted by molar-refractivity contribution is 7.11. The highest BCUT2D eigenvalue weighted by atomic mass is 32.1. The Morgan fingerprint density at radius 1 is 1.23 bits per heavy atom. The predicted octanol–water partition coefficient (Wildman–Crippen LogP) is 2.56. The molecule has 1 fully saturated rings. The van der Waals surface area contributed by atoms with Crippen LogP contribution in [0.5, 0.6) is 0 Å². The summed E-state index contributed by atoms with van der Waals surface area (Å²) in [5, 5.41) is 2.88. The van der Waals surface area contributed by atoms with Crippen molar-refractivity contribution in [2.75, 3.05) is 26.2 Å². The fraction of sp³-hybridized carbons (Fsp3) is 0.500. The number of hydrogen-bond acceptors (Lipinski definition) is 5. The fourth-order valence-corrected chi connectivity index (χ4v) is 5.21. The first-order valence-electron chi connectivity index (χ1n) is 11.1. The quantitative estimate of drug-likeness (QED) is 0.626. The molecule has 3 N–H and O–H groups in total. The number of amides is 2. The topological polar surface area (TPSA) is 78.7 Å². The van der Waals surface area contributed by atoms with Gasteiger partial charge in [-0.15, -0.1) is 11.3 Å². The van der Waals surface area contributed by atoms with Gasteiger partial charge in [-0.1, -0.05) is 30.3 Å². The van der Waals surface area contributed by atoms with E-state index in [1.807, 2.05) is 17.4 Å². The van der Waals surface area contributed by atoms with Crippen LogP contribution in [0.1, 0.15) is 35.1 Å². The number of hydrogen-bond donors (Lipinski definition) is 2. The molecule has 0 saturated carbocycles. The maximum atomic E-state index is 12.8.